The van der Waals surface area contributed by atoms with E-state index in [1.165, 1.54) is 5.56 Å². The number of anilines is 1. The second-order valence-electron chi connectivity index (χ2n) is 4.20. The largest absolute Gasteiger partial charge is 0.379 e. The molecule has 4 nitrogen and oxygen atoms in total. The molecule has 2 heterocycles. The zero-order chi connectivity index (χ0) is 12.1. The van der Waals surface area contributed by atoms with E-state index in [2.05, 4.69) is 44.1 Å². The number of halogens is 1. The Morgan fingerprint density at radius 3 is 2.94 bits per heavy atom. The third kappa shape index (κ3) is 3.94. The molecule has 0 amide bonds. The Labute approximate surface area is 110 Å². The average molecular weight is 300 g/mol. The van der Waals surface area contributed by atoms with Crippen LogP contribution in [0.25, 0.3) is 0 Å². The molecule has 1 aliphatic rings. The van der Waals surface area contributed by atoms with E-state index in [9.17, 15) is 0 Å². The van der Waals surface area contributed by atoms with Gasteiger partial charge in [-0.2, -0.15) is 0 Å². The predicted molar refractivity (Wildman–Crippen MR) is 72.4 cm³/mol. The van der Waals surface area contributed by atoms with Gasteiger partial charge in [0.25, 0.3) is 0 Å². The lowest BCUT2D eigenvalue weighted by molar-refractivity contribution is 0.0398. The van der Waals surface area contributed by atoms with Crippen LogP contribution in [-0.2, 0) is 4.74 Å². The molecule has 0 unspecified atom stereocenters. The zero-order valence-electron chi connectivity index (χ0n) is 10.1. The highest BCUT2D eigenvalue weighted by molar-refractivity contribution is 9.10. The van der Waals surface area contributed by atoms with Gasteiger partial charge in [0.1, 0.15) is 5.82 Å². The summed E-state index contributed by atoms with van der Waals surface area (Å²) in [4.78, 5) is 6.77. The van der Waals surface area contributed by atoms with Crippen molar-refractivity contribution in [2.24, 2.45) is 0 Å². The topological polar surface area (TPSA) is 37.4 Å². The molecule has 0 saturated carbocycles. The fraction of sp³-hybridized carbons (Fsp3) is 0.583. The molecule has 1 saturated heterocycles. The molecule has 0 atom stereocenters. The Balaban J connectivity index is 1.77. The normalized spacial score (nSPS) is 17.1. The van der Waals surface area contributed by atoms with Crippen molar-refractivity contribution in [3.05, 3.63) is 22.3 Å². The molecule has 0 bridgehead atoms. The third-order valence-corrected chi connectivity index (χ3v) is 3.30. The highest BCUT2D eigenvalue weighted by Gasteiger charge is 2.09. The molecular formula is C12H18BrN3O. The maximum atomic E-state index is 5.32. The number of aryl methyl sites for hydroxylation is 1. The summed E-state index contributed by atoms with van der Waals surface area (Å²) < 4.78 is 6.34. The van der Waals surface area contributed by atoms with Crippen LogP contribution in [0.5, 0.6) is 0 Å². The van der Waals surface area contributed by atoms with Crippen LogP contribution in [0, 0.1) is 6.92 Å². The Morgan fingerprint density at radius 2 is 2.24 bits per heavy atom. The van der Waals surface area contributed by atoms with Crippen molar-refractivity contribution in [3.8, 4) is 0 Å². The van der Waals surface area contributed by atoms with Crippen LogP contribution in [0.1, 0.15) is 5.56 Å². The molecule has 0 aliphatic carbocycles. The van der Waals surface area contributed by atoms with Crippen LogP contribution >= 0.6 is 15.9 Å². The Morgan fingerprint density at radius 1 is 1.47 bits per heavy atom. The molecule has 0 spiro atoms. The third-order valence-electron chi connectivity index (χ3n) is 2.87. The van der Waals surface area contributed by atoms with E-state index < -0.39 is 0 Å². The highest BCUT2D eigenvalue weighted by atomic mass is 79.9. The van der Waals surface area contributed by atoms with E-state index in [1.54, 1.807) is 0 Å². The number of morpholine rings is 1. The molecule has 1 fully saturated rings. The first kappa shape index (κ1) is 12.8. The lowest BCUT2D eigenvalue weighted by Gasteiger charge is -2.26. The van der Waals surface area contributed by atoms with Gasteiger partial charge in [-0.15, -0.1) is 0 Å². The van der Waals surface area contributed by atoms with Gasteiger partial charge in [0.2, 0.25) is 0 Å². The number of ether oxygens (including phenoxy) is 1. The number of hydrogen-bond acceptors (Lipinski definition) is 4. The number of nitrogens with one attached hydrogen (secondary N) is 1. The first-order chi connectivity index (χ1) is 8.25. The first-order valence-electron chi connectivity index (χ1n) is 5.92. The molecule has 2 rings (SSSR count). The highest BCUT2D eigenvalue weighted by Crippen LogP contribution is 2.16. The summed E-state index contributed by atoms with van der Waals surface area (Å²) in [6, 6.07) is 2.07. The maximum Gasteiger partial charge on any atom is 0.128 e. The number of rotatable bonds is 4. The second-order valence-corrected chi connectivity index (χ2v) is 5.12. The van der Waals surface area contributed by atoms with Crippen molar-refractivity contribution >= 4 is 21.7 Å². The summed E-state index contributed by atoms with van der Waals surface area (Å²) in [6.45, 7) is 7.82. The fourth-order valence-corrected chi connectivity index (χ4v) is 2.33. The number of aromatic nitrogens is 1. The molecule has 0 radical (unpaired) electrons. The van der Waals surface area contributed by atoms with Crippen LogP contribution in [0.15, 0.2) is 16.7 Å². The molecule has 17 heavy (non-hydrogen) atoms. The van der Waals surface area contributed by atoms with E-state index in [4.69, 9.17) is 4.74 Å². The van der Waals surface area contributed by atoms with Crippen LogP contribution in [0.3, 0.4) is 0 Å². The summed E-state index contributed by atoms with van der Waals surface area (Å²) in [6.07, 6.45) is 1.82. The molecule has 94 valence electrons. The average Bonchev–Trinajstić information content (AvgIpc) is 2.33. The minimum atomic E-state index is 0.857. The molecule has 1 aromatic heterocycles. The lowest BCUT2D eigenvalue weighted by Crippen LogP contribution is -2.39. The van der Waals surface area contributed by atoms with Gasteiger partial charge >= 0.3 is 0 Å². The minimum absolute atomic E-state index is 0.857. The summed E-state index contributed by atoms with van der Waals surface area (Å²) in [5.74, 6) is 0.974. The van der Waals surface area contributed by atoms with Crippen molar-refractivity contribution in [1.29, 1.82) is 0 Å². The standard InChI is InChI=1S/C12H18BrN3O/c1-10-8-11(13)9-15-12(10)14-2-3-16-4-6-17-7-5-16/h8-9H,2-7H2,1H3,(H,14,15). The lowest BCUT2D eigenvalue weighted by atomic mass is 10.3. The molecule has 1 aromatic rings. The maximum absolute atomic E-state index is 5.32. The number of hydrogen-bond donors (Lipinski definition) is 1. The monoisotopic (exact) mass is 299 g/mol. The first-order valence-corrected chi connectivity index (χ1v) is 6.71. The van der Waals surface area contributed by atoms with E-state index in [0.717, 1.165) is 49.7 Å². The molecule has 0 aromatic carbocycles. The Kier molecular flexibility index (Phi) is 4.76. The predicted octanol–water partition coefficient (Wildman–Crippen LogP) is 1.90. The fourth-order valence-electron chi connectivity index (χ4n) is 1.88. The summed E-state index contributed by atoms with van der Waals surface area (Å²) in [5.41, 5.74) is 1.17. The van der Waals surface area contributed by atoms with Gasteiger partial charge in [-0.3, -0.25) is 4.90 Å². The molecule has 5 heteroatoms. The van der Waals surface area contributed by atoms with E-state index in [-0.39, 0.29) is 0 Å². The van der Waals surface area contributed by atoms with Gasteiger partial charge in [0.05, 0.1) is 13.2 Å². The summed E-state index contributed by atoms with van der Waals surface area (Å²) in [7, 11) is 0. The smallest absolute Gasteiger partial charge is 0.128 e. The van der Waals surface area contributed by atoms with Crippen LogP contribution in [0.4, 0.5) is 5.82 Å². The van der Waals surface area contributed by atoms with Crippen LogP contribution in [-0.4, -0.2) is 49.3 Å². The molecule has 1 aliphatic heterocycles. The number of pyridine rings is 1. The zero-order valence-corrected chi connectivity index (χ0v) is 11.7. The van der Waals surface area contributed by atoms with Gasteiger partial charge in [0, 0.05) is 36.8 Å². The SMILES string of the molecule is Cc1cc(Br)cnc1NCCN1CCOCC1. The minimum Gasteiger partial charge on any atom is -0.379 e. The van der Waals surface area contributed by atoms with Crippen LogP contribution < -0.4 is 5.32 Å². The van der Waals surface area contributed by atoms with Crippen molar-refractivity contribution in [2.75, 3.05) is 44.7 Å². The van der Waals surface area contributed by atoms with E-state index in [0.29, 0.717) is 0 Å². The Hall–Kier alpha value is -0.650. The van der Waals surface area contributed by atoms with Crippen molar-refractivity contribution in [3.63, 3.8) is 0 Å². The van der Waals surface area contributed by atoms with Crippen molar-refractivity contribution in [1.82, 2.24) is 9.88 Å². The van der Waals surface area contributed by atoms with Gasteiger partial charge in [-0.1, -0.05) is 0 Å². The molecule has 1 N–H and O–H groups in total. The Bertz CT molecular complexity index is 367. The second kappa shape index (κ2) is 6.33. The summed E-state index contributed by atoms with van der Waals surface area (Å²) >= 11 is 3.41. The van der Waals surface area contributed by atoms with Gasteiger partial charge in [-0.05, 0) is 34.5 Å². The quantitative estimate of drug-likeness (QED) is 0.921. The number of nitrogens with zero attached hydrogens (tertiary/aromatic N) is 2. The van der Waals surface area contributed by atoms with Crippen molar-refractivity contribution in [2.45, 2.75) is 6.92 Å². The summed E-state index contributed by atoms with van der Waals surface area (Å²) in [5, 5.41) is 3.37. The van der Waals surface area contributed by atoms with Gasteiger partial charge in [-0.25, -0.2) is 4.98 Å². The van der Waals surface area contributed by atoms with Gasteiger partial charge < -0.3 is 10.1 Å². The van der Waals surface area contributed by atoms with Gasteiger partial charge in [0.15, 0.2) is 0 Å². The van der Waals surface area contributed by atoms with E-state index in [1.807, 2.05) is 6.20 Å². The van der Waals surface area contributed by atoms with Crippen molar-refractivity contribution < 1.29 is 4.74 Å². The molecular weight excluding hydrogens is 282 g/mol. The van der Waals surface area contributed by atoms with Crippen LogP contribution in [0.2, 0.25) is 0 Å². The van der Waals surface area contributed by atoms with E-state index >= 15 is 0 Å².